The number of aliphatic hydroxyl groups is 3. The summed E-state index contributed by atoms with van der Waals surface area (Å²) in [6.45, 7) is 5.01. The number of carbonyl (C=O) groups excluding carboxylic acids is 1. The summed E-state index contributed by atoms with van der Waals surface area (Å²) in [5, 5.41) is 39.0. The molecule has 2 unspecified atom stereocenters. The van der Waals surface area contributed by atoms with Crippen LogP contribution in [-0.2, 0) is 4.79 Å². The molecule has 106 valence electrons. The summed E-state index contributed by atoms with van der Waals surface area (Å²) in [4.78, 5) is 11.7. The summed E-state index contributed by atoms with van der Waals surface area (Å²) < 4.78 is 0. The van der Waals surface area contributed by atoms with E-state index < -0.39 is 18.1 Å². The van der Waals surface area contributed by atoms with Gasteiger partial charge in [0.25, 0.3) is 5.91 Å². The first-order valence-electron chi connectivity index (χ1n) is 6.10. The highest BCUT2D eigenvalue weighted by Gasteiger charge is 2.31. The molecule has 6 heteroatoms. The molecule has 0 saturated heterocycles. The normalized spacial score (nSPS) is 18.4. The van der Waals surface area contributed by atoms with Crippen LogP contribution in [0.25, 0.3) is 0 Å². The highest BCUT2D eigenvalue weighted by molar-refractivity contribution is 6.23. The van der Waals surface area contributed by atoms with Crippen molar-refractivity contribution in [3.05, 3.63) is 22.6 Å². The molecular formula is C13H20N2O4. The number of rotatable bonds is 5. The number of allylic oxidation sites excluding steroid dienone is 1. The predicted molar refractivity (Wildman–Crippen MR) is 70.8 cm³/mol. The van der Waals surface area contributed by atoms with Gasteiger partial charge in [-0.2, -0.15) is 0 Å². The van der Waals surface area contributed by atoms with Crippen LogP contribution in [0.1, 0.15) is 33.6 Å². The van der Waals surface area contributed by atoms with Crippen molar-refractivity contribution in [2.75, 3.05) is 0 Å². The Kier molecular flexibility index (Phi) is 4.85. The Balaban J connectivity index is 2.88. The highest BCUT2D eigenvalue weighted by atomic mass is 16.3. The average molecular weight is 268 g/mol. The van der Waals surface area contributed by atoms with Crippen molar-refractivity contribution >= 4 is 11.6 Å². The Morgan fingerprint density at radius 2 is 1.95 bits per heavy atom. The molecule has 1 aliphatic heterocycles. The SMILES string of the molecule is CC(C)=C1NC(=O)C(C(=N)CC(O)CC(C)O)=C1O. The Morgan fingerprint density at radius 3 is 2.37 bits per heavy atom. The van der Waals surface area contributed by atoms with E-state index >= 15 is 0 Å². The largest absolute Gasteiger partial charge is 0.505 e. The molecule has 1 rings (SSSR count). The predicted octanol–water partition coefficient (Wildman–Crippen LogP) is 0.764. The van der Waals surface area contributed by atoms with E-state index in [9.17, 15) is 15.0 Å². The maximum Gasteiger partial charge on any atom is 0.261 e. The molecular weight excluding hydrogens is 248 g/mol. The second-order valence-electron chi connectivity index (χ2n) is 4.97. The van der Waals surface area contributed by atoms with Crippen LogP contribution >= 0.6 is 0 Å². The first kappa shape index (κ1) is 15.4. The van der Waals surface area contributed by atoms with Crippen molar-refractivity contribution in [3.8, 4) is 0 Å². The first-order chi connectivity index (χ1) is 8.73. The lowest BCUT2D eigenvalue weighted by Crippen LogP contribution is -2.24. The van der Waals surface area contributed by atoms with Gasteiger partial charge in [0.05, 0.1) is 23.6 Å². The van der Waals surface area contributed by atoms with Crippen LogP contribution in [0.2, 0.25) is 0 Å². The molecule has 0 fully saturated rings. The topological polar surface area (TPSA) is 114 Å². The second kappa shape index (κ2) is 5.99. The molecule has 6 nitrogen and oxygen atoms in total. The van der Waals surface area contributed by atoms with Crippen LogP contribution in [0, 0.1) is 5.41 Å². The number of carbonyl (C=O) groups is 1. The van der Waals surface area contributed by atoms with Crippen molar-refractivity contribution in [1.82, 2.24) is 5.32 Å². The second-order valence-corrected chi connectivity index (χ2v) is 4.97. The molecule has 0 aromatic carbocycles. The van der Waals surface area contributed by atoms with E-state index in [-0.39, 0.29) is 29.9 Å². The van der Waals surface area contributed by atoms with Crippen LogP contribution in [0.4, 0.5) is 0 Å². The van der Waals surface area contributed by atoms with Gasteiger partial charge in [-0.1, -0.05) is 0 Å². The minimum absolute atomic E-state index is 0.0895. The van der Waals surface area contributed by atoms with Crippen molar-refractivity contribution in [1.29, 1.82) is 5.41 Å². The van der Waals surface area contributed by atoms with Crippen molar-refractivity contribution in [2.24, 2.45) is 0 Å². The van der Waals surface area contributed by atoms with Crippen molar-refractivity contribution in [3.63, 3.8) is 0 Å². The maximum atomic E-state index is 11.7. The Hall–Kier alpha value is -1.66. The van der Waals surface area contributed by atoms with E-state index in [1.165, 1.54) is 6.92 Å². The van der Waals surface area contributed by atoms with Crippen LogP contribution in [-0.4, -0.2) is 39.1 Å². The molecule has 0 radical (unpaired) electrons. The molecule has 0 aromatic rings. The molecule has 0 aliphatic carbocycles. The van der Waals surface area contributed by atoms with Crippen molar-refractivity contribution in [2.45, 2.75) is 45.8 Å². The third kappa shape index (κ3) is 3.65. The summed E-state index contributed by atoms with van der Waals surface area (Å²) in [6, 6.07) is 0. The van der Waals surface area contributed by atoms with Gasteiger partial charge in [-0.05, 0) is 32.8 Å². The molecule has 19 heavy (non-hydrogen) atoms. The van der Waals surface area contributed by atoms with Gasteiger partial charge in [-0.3, -0.25) is 4.79 Å². The lowest BCUT2D eigenvalue weighted by Gasteiger charge is -2.12. The Bertz CT molecular complexity index is 459. The van der Waals surface area contributed by atoms with E-state index in [1.54, 1.807) is 13.8 Å². The third-order valence-corrected chi connectivity index (χ3v) is 2.79. The van der Waals surface area contributed by atoms with E-state index in [0.29, 0.717) is 5.70 Å². The van der Waals surface area contributed by atoms with Gasteiger partial charge in [0, 0.05) is 6.42 Å². The van der Waals surface area contributed by atoms with Gasteiger partial charge in [0.2, 0.25) is 0 Å². The molecule has 2 atom stereocenters. The molecule has 1 amide bonds. The molecule has 0 saturated carbocycles. The zero-order valence-corrected chi connectivity index (χ0v) is 11.3. The quantitative estimate of drug-likeness (QED) is 0.474. The van der Waals surface area contributed by atoms with Crippen LogP contribution in [0.5, 0.6) is 0 Å². The van der Waals surface area contributed by atoms with Gasteiger partial charge in [0.15, 0.2) is 5.76 Å². The van der Waals surface area contributed by atoms with Gasteiger partial charge in [-0.25, -0.2) is 0 Å². The molecule has 0 spiro atoms. The number of amides is 1. The lowest BCUT2D eigenvalue weighted by molar-refractivity contribution is -0.115. The summed E-state index contributed by atoms with van der Waals surface area (Å²) in [6.07, 6.45) is -1.58. The van der Waals surface area contributed by atoms with Crippen LogP contribution in [0.3, 0.4) is 0 Å². The lowest BCUT2D eigenvalue weighted by atomic mass is 10.0. The summed E-state index contributed by atoms with van der Waals surface area (Å²) >= 11 is 0. The standard InChI is InChI=1S/C13H20N2O4/c1-6(2)11-12(18)10(13(19)15-11)9(14)5-8(17)4-7(3)16/h7-8,14,16-18H,4-5H2,1-3H3,(H,15,19). The van der Waals surface area contributed by atoms with Gasteiger partial charge in [-0.15, -0.1) is 0 Å². The summed E-state index contributed by atoms with van der Waals surface area (Å²) in [5.41, 5.74) is 0.799. The summed E-state index contributed by atoms with van der Waals surface area (Å²) in [5.74, 6) is -0.790. The maximum absolute atomic E-state index is 11.7. The Morgan fingerprint density at radius 1 is 1.37 bits per heavy atom. The fraction of sp³-hybridized carbons (Fsp3) is 0.538. The molecule has 1 aliphatic rings. The van der Waals surface area contributed by atoms with Gasteiger partial charge >= 0.3 is 0 Å². The molecule has 5 N–H and O–H groups in total. The molecule has 1 heterocycles. The smallest absolute Gasteiger partial charge is 0.261 e. The number of hydrogen-bond acceptors (Lipinski definition) is 5. The minimum atomic E-state index is -0.920. The van der Waals surface area contributed by atoms with E-state index in [0.717, 1.165) is 5.57 Å². The number of aliphatic hydroxyl groups excluding tert-OH is 3. The Labute approximate surface area is 112 Å². The van der Waals surface area contributed by atoms with E-state index in [2.05, 4.69) is 5.32 Å². The van der Waals surface area contributed by atoms with Gasteiger partial charge in [0.1, 0.15) is 5.57 Å². The fourth-order valence-corrected chi connectivity index (χ4v) is 1.92. The van der Waals surface area contributed by atoms with Gasteiger partial charge < -0.3 is 26.0 Å². The molecule has 0 bridgehead atoms. The zero-order valence-electron chi connectivity index (χ0n) is 11.3. The monoisotopic (exact) mass is 268 g/mol. The number of hydrogen-bond donors (Lipinski definition) is 5. The average Bonchev–Trinajstić information content (AvgIpc) is 2.52. The first-order valence-corrected chi connectivity index (χ1v) is 6.10. The van der Waals surface area contributed by atoms with E-state index in [1.807, 2.05) is 0 Å². The minimum Gasteiger partial charge on any atom is -0.505 e. The summed E-state index contributed by atoms with van der Waals surface area (Å²) in [7, 11) is 0. The number of nitrogens with one attached hydrogen (secondary N) is 2. The van der Waals surface area contributed by atoms with Crippen molar-refractivity contribution < 1.29 is 20.1 Å². The third-order valence-electron chi connectivity index (χ3n) is 2.79. The zero-order chi connectivity index (χ0) is 14.7. The van der Waals surface area contributed by atoms with Crippen LogP contribution in [0.15, 0.2) is 22.6 Å². The highest BCUT2D eigenvalue weighted by Crippen LogP contribution is 2.23. The van der Waals surface area contributed by atoms with Crippen LogP contribution < -0.4 is 5.32 Å². The van der Waals surface area contributed by atoms with E-state index in [4.69, 9.17) is 10.5 Å². The molecule has 0 aromatic heterocycles. The fourth-order valence-electron chi connectivity index (χ4n) is 1.92.